The van der Waals surface area contributed by atoms with E-state index < -0.39 is 12.2 Å². The van der Waals surface area contributed by atoms with Gasteiger partial charge >= 0.3 is 6.03 Å². The summed E-state index contributed by atoms with van der Waals surface area (Å²) in [6, 6.07) is 5.35. The first-order valence-electron chi connectivity index (χ1n) is 9.34. The predicted octanol–water partition coefficient (Wildman–Crippen LogP) is 1.89. The van der Waals surface area contributed by atoms with E-state index in [0.29, 0.717) is 12.6 Å². The monoisotopic (exact) mass is 383 g/mol. The fraction of sp³-hybridized carbons (Fsp3) is 0.450. The quantitative estimate of drug-likeness (QED) is 0.794. The average Bonchev–Trinajstić information content (AvgIpc) is 3.17. The number of anilines is 1. The molecule has 1 aromatic carbocycles. The van der Waals surface area contributed by atoms with Crippen molar-refractivity contribution in [1.82, 2.24) is 14.7 Å². The number of guanidine groups is 1. The van der Waals surface area contributed by atoms with E-state index in [0.717, 1.165) is 11.4 Å². The van der Waals surface area contributed by atoms with Crippen LogP contribution in [0.4, 0.5) is 10.5 Å². The molecule has 3 aliphatic rings. The van der Waals surface area contributed by atoms with Gasteiger partial charge in [0.05, 0.1) is 13.2 Å². The molecule has 3 aliphatic heterocycles. The summed E-state index contributed by atoms with van der Waals surface area (Å²) in [6.45, 7) is 6.68. The third-order valence-electron chi connectivity index (χ3n) is 5.66. The van der Waals surface area contributed by atoms with Crippen molar-refractivity contribution in [3.8, 4) is 0 Å². The fourth-order valence-electron chi connectivity index (χ4n) is 3.93. The largest absolute Gasteiger partial charge is 0.383 e. The normalized spacial score (nSPS) is 23.9. The van der Waals surface area contributed by atoms with Crippen molar-refractivity contribution >= 4 is 23.6 Å². The van der Waals surface area contributed by atoms with Gasteiger partial charge in [0.25, 0.3) is 5.91 Å². The second kappa shape index (κ2) is 6.63. The number of aliphatic imine (C=N–C) groups is 1. The fourth-order valence-corrected chi connectivity index (χ4v) is 3.93. The average molecular weight is 383 g/mol. The van der Waals surface area contributed by atoms with Crippen LogP contribution in [0.25, 0.3) is 0 Å². The van der Waals surface area contributed by atoms with E-state index >= 15 is 0 Å². The second-order valence-electron chi connectivity index (χ2n) is 7.45. The lowest BCUT2D eigenvalue weighted by atomic mass is 10.1. The summed E-state index contributed by atoms with van der Waals surface area (Å²) in [5.74, 6) is 0.437. The Morgan fingerprint density at radius 1 is 1.14 bits per heavy atom. The summed E-state index contributed by atoms with van der Waals surface area (Å²) in [4.78, 5) is 37.3. The highest BCUT2D eigenvalue weighted by Gasteiger charge is 2.54. The van der Waals surface area contributed by atoms with E-state index in [1.54, 1.807) is 14.2 Å². The third-order valence-corrected chi connectivity index (χ3v) is 5.66. The Morgan fingerprint density at radius 2 is 1.89 bits per heavy atom. The lowest BCUT2D eigenvalue weighted by Gasteiger charge is -2.40. The number of rotatable bonds is 4. The van der Waals surface area contributed by atoms with Gasteiger partial charge in [0.15, 0.2) is 12.2 Å². The zero-order valence-electron chi connectivity index (χ0n) is 16.8. The van der Waals surface area contributed by atoms with E-state index in [2.05, 4.69) is 32.0 Å². The van der Waals surface area contributed by atoms with E-state index in [1.807, 2.05) is 22.9 Å². The number of hydrogen-bond donors (Lipinski definition) is 0. The van der Waals surface area contributed by atoms with Crippen molar-refractivity contribution in [2.24, 2.45) is 4.99 Å². The highest BCUT2D eigenvalue weighted by Crippen LogP contribution is 2.36. The highest BCUT2D eigenvalue weighted by atomic mass is 16.5. The van der Waals surface area contributed by atoms with Gasteiger partial charge in [-0.15, -0.1) is 0 Å². The minimum absolute atomic E-state index is 0.231. The molecule has 0 aliphatic carbocycles. The summed E-state index contributed by atoms with van der Waals surface area (Å²) < 4.78 is 5.06. The highest BCUT2D eigenvalue weighted by molar-refractivity contribution is 6.09. The molecular weight excluding hydrogens is 358 g/mol. The first-order chi connectivity index (χ1) is 13.3. The number of allylic oxidation sites excluding steroid dienone is 1. The molecule has 1 aromatic rings. The molecule has 2 unspecified atom stereocenters. The summed E-state index contributed by atoms with van der Waals surface area (Å²) in [5.41, 5.74) is 4.39. The van der Waals surface area contributed by atoms with Gasteiger partial charge in [0, 0.05) is 31.7 Å². The number of carbonyl (C=O) groups excluding carboxylic acids is 2. The number of nitrogens with zero attached hydrogens (tertiary/aromatic N) is 5. The van der Waals surface area contributed by atoms with Crippen LogP contribution < -0.4 is 4.90 Å². The van der Waals surface area contributed by atoms with Crippen LogP contribution >= 0.6 is 0 Å². The summed E-state index contributed by atoms with van der Waals surface area (Å²) >= 11 is 0. The minimum atomic E-state index is -0.555. The number of hydrogen-bond acceptors (Lipinski definition) is 6. The molecule has 1 fully saturated rings. The molecule has 0 N–H and O–H groups in total. The second-order valence-corrected chi connectivity index (χ2v) is 7.45. The van der Waals surface area contributed by atoms with Crippen LogP contribution in [0.15, 0.2) is 35.1 Å². The van der Waals surface area contributed by atoms with Crippen LogP contribution in [0.3, 0.4) is 0 Å². The Balaban J connectivity index is 1.70. The van der Waals surface area contributed by atoms with Gasteiger partial charge in [-0.1, -0.05) is 6.07 Å². The Bertz CT molecular complexity index is 909. The summed E-state index contributed by atoms with van der Waals surface area (Å²) in [5, 5.41) is 0. The predicted molar refractivity (Wildman–Crippen MR) is 106 cm³/mol. The van der Waals surface area contributed by atoms with Gasteiger partial charge < -0.3 is 14.5 Å². The Kier molecular flexibility index (Phi) is 4.38. The van der Waals surface area contributed by atoms with Gasteiger partial charge in [-0.3, -0.25) is 14.6 Å². The lowest BCUT2D eigenvalue weighted by molar-refractivity contribution is -0.137. The standard InChI is InChI=1S/C20H25N5O3/c1-12-6-7-15(10-13(12)2)25-14(3)11-24-16-17(21-19(24)25)22(4)20(27)23(18(16)26)8-9-28-5/h6-7,10-11,16-17H,8-9H2,1-5H3. The van der Waals surface area contributed by atoms with Crippen LogP contribution in [0.2, 0.25) is 0 Å². The van der Waals surface area contributed by atoms with E-state index in [4.69, 9.17) is 9.73 Å². The number of aryl methyl sites for hydroxylation is 2. The summed E-state index contributed by atoms with van der Waals surface area (Å²) in [7, 11) is 3.24. The zero-order chi connectivity index (χ0) is 20.2. The number of methoxy groups -OCH3 is 1. The van der Waals surface area contributed by atoms with E-state index in [-0.39, 0.29) is 18.5 Å². The molecule has 3 heterocycles. The smallest absolute Gasteiger partial charge is 0.328 e. The molecule has 0 radical (unpaired) electrons. The molecule has 0 bridgehead atoms. The molecule has 148 valence electrons. The Labute approximate surface area is 164 Å². The van der Waals surface area contributed by atoms with Crippen LogP contribution in [0, 0.1) is 13.8 Å². The summed E-state index contributed by atoms with van der Waals surface area (Å²) in [6.07, 6.45) is 1.40. The maximum Gasteiger partial charge on any atom is 0.328 e. The number of amides is 3. The molecule has 2 atom stereocenters. The van der Waals surface area contributed by atoms with Crippen LogP contribution in [0.5, 0.6) is 0 Å². The van der Waals surface area contributed by atoms with Crippen molar-refractivity contribution in [2.45, 2.75) is 33.0 Å². The van der Waals surface area contributed by atoms with E-state index in [1.165, 1.54) is 20.9 Å². The number of likely N-dealkylation sites (N-methyl/N-ethyl adjacent to an activating group) is 1. The molecule has 28 heavy (non-hydrogen) atoms. The maximum atomic E-state index is 13.1. The Hall–Kier alpha value is -2.87. The molecule has 4 rings (SSSR count). The van der Waals surface area contributed by atoms with Crippen LogP contribution in [-0.2, 0) is 9.53 Å². The molecule has 0 spiro atoms. The van der Waals surface area contributed by atoms with Crippen LogP contribution in [0.1, 0.15) is 18.1 Å². The molecule has 0 saturated carbocycles. The number of carbonyl (C=O) groups is 2. The number of imide groups is 1. The molecular formula is C20H25N5O3. The van der Waals surface area contributed by atoms with Crippen molar-refractivity contribution in [1.29, 1.82) is 0 Å². The first-order valence-corrected chi connectivity index (χ1v) is 9.34. The van der Waals surface area contributed by atoms with Crippen molar-refractivity contribution in [3.05, 3.63) is 41.2 Å². The molecule has 3 amide bonds. The number of fused-ring (bicyclic) bond motifs is 3. The van der Waals surface area contributed by atoms with Crippen molar-refractivity contribution in [2.75, 3.05) is 32.2 Å². The number of benzene rings is 1. The molecule has 0 aromatic heterocycles. The Morgan fingerprint density at radius 3 is 2.57 bits per heavy atom. The van der Waals surface area contributed by atoms with E-state index in [9.17, 15) is 9.59 Å². The maximum absolute atomic E-state index is 13.1. The topological polar surface area (TPSA) is 68.7 Å². The van der Waals surface area contributed by atoms with Crippen molar-refractivity contribution in [3.63, 3.8) is 0 Å². The SMILES string of the molecule is COCCN1C(=O)C2C(N=C3N(c4ccc(C)c(C)c4)C(C)=CN32)N(C)C1=O. The van der Waals surface area contributed by atoms with Gasteiger partial charge in [0.1, 0.15) is 0 Å². The van der Waals surface area contributed by atoms with Crippen molar-refractivity contribution < 1.29 is 14.3 Å². The molecule has 8 heteroatoms. The molecule has 1 saturated heterocycles. The number of ether oxygens (including phenoxy) is 1. The van der Waals surface area contributed by atoms with Crippen LogP contribution in [-0.4, -0.2) is 72.1 Å². The van der Waals surface area contributed by atoms with Gasteiger partial charge in [-0.05, 0) is 44.0 Å². The van der Waals surface area contributed by atoms with Gasteiger partial charge in [0.2, 0.25) is 5.96 Å². The van der Waals surface area contributed by atoms with Gasteiger partial charge in [-0.2, -0.15) is 0 Å². The molecule has 8 nitrogen and oxygen atoms in total. The zero-order valence-corrected chi connectivity index (χ0v) is 16.8. The first kappa shape index (κ1) is 18.5. The minimum Gasteiger partial charge on any atom is -0.383 e. The van der Waals surface area contributed by atoms with Gasteiger partial charge in [-0.25, -0.2) is 9.79 Å². The third kappa shape index (κ3) is 2.59. The lowest BCUT2D eigenvalue weighted by Crippen LogP contribution is -2.64. The number of urea groups is 1.